The Bertz CT molecular complexity index is 1270. The molecule has 0 aliphatic rings. The van der Waals surface area contributed by atoms with E-state index in [2.05, 4.69) is 25.7 Å². The molecule has 2 N–H and O–H groups in total. The molecule has 0 saturated heterocycles. The molecule has 0 bridgehead atoms. The molecule has 4 rings (SSSR count). The number of amides is 1. The van der Waals surface area contributed by atoms with Crippen molar-refractivity contribution in [2.24, 2.45) is 7.05 Å². The highest BCUT2D eigenvalue weighted by atomic mass is 35.5. The summed E-state index contributed by atoms with van der Waals surface area (Å²) in [5.74, 6) is 0.694. The van der Waals surface area contributed by atoms with Crippen LogP contribution < -0.4 is 10.6 Å². The molecule has 0 unspecified atom stereocenters. The third-order valence-electron chi connectivity index (χ3n) is 4.96. The van der Waals surface area contributed by atoms with E-state index in [1.807, 2.05) is 63.5 Å². The topological polar surface area (TPSA) is 84.7 Å². The number of aryl methyl sites for hydroxylation is 3. The number of nitrogens with zero attached hydrogens (tertiary/aromatic N) is 4. The summed E-state index contributed by atoms with van der Waals surface area (Å²) in [4.78, 5) is 21.7. The number of alkyl halides is 1. The summed E-state index contributed by atoms with van der Waals surface area (Å²) < 4.78 is 1.73. The molecule has 2 heterocycles. The molecule has 7 nitrogen and oxygen atoms in total. The summed E-state index contributed by atoms with van der Waals surface area (Å²) in [5, 5.41) is 10.4. The summed E-state index contributed by atoms with van der Waals surface area (Å²) >= 11 is 5.91. The number of benzene rings is 2. The molecule has 0 spiro atoms. The Hall–Kier alpha value is -3.71. The van der Waals surface area contributed by atoms with Crippen LogP contribution in [0.3, 0.4) is 0 Å². The molecule has 162 valence electrons. The summed E-state index contributed by atoms with van der Waals surface area (Å²) in [6, 6.07) is 14.9. The number of carbonyl (C=O) groups excluding carboxylic acids is 1. The van der Waals surface area contributed by atoms with Gasteiger partial charge in [0.1, 0.15) is 0 Å². The SMILES string of the molecule is Cc1cc(-c2cnn(C)c2)nc(Nc2ccc(C(=O)Nc3cc(CCl)ccc3C)cc2)n1. The quantitative estimate of drug-likeness (QED) is 0.396. The number of halogens is 1. The normalized spacial score (nSPS) is 10.8. The van der Waals surface area contributed by atoms with Gasteiger partial charge in [0.15, 0.2) is 0 Å². The van der Waals surface area contributed by atoms with Crippen molar-refractivity contribution in [1.82, 2.24) is 19.7 Å². The van der Waals surface area contributed by atoms with Crippen molar-refractivity contribution in [3.05, 3.63) is 83.3 Å². The molecule has 4 aromatic rings. The third-order valence-corrected chi connectivity index (χ3v) is 5.27. The van der Waals surface area contributed by atoms with E-state index < -0.39 is 0 Å². The molecular formula is C24H23ClN6O. The second-order valence-corrected chi connectivity index (χ2v) is 7.83. The average Bonchev–Trinajstić information content (AvgIpc) is 3.22. The molecule has 8 heteroatoms. The standard InChI is InChI=1S/C24H23ClN6O/c1-15-4-5-17(12-25)11-21(15)29-23(32)18-6-8-20(9-7-18)28-24-27-16(2)10-22(30-24)19-13-26-31(3)14-19/h4-11,13-14H,12H2,1-3H3,(H,29,32)(H,27,28,30). The van der Waals surface area contributed by atoms with E-state index in [4.69, 9.17) is 11.6 Å². The fourth-order valence-electron chi connectivity index (χ4n) is 3.24. The molecular weight excluding hydrogens is 424 g/mol. The Labute approximate surface area is 191 Å². The van der Waals surface area contributed by atoms with Crippen molar-refractivity contribution in [3.63, 3.8) is 0 Å². The maximum atomic E-state index is 12.7. The summed E-state index contributed by atoms with van der Waals surface area (Å²) in [5.41, 5.74) is 6.57. The lowest BCUT2D eigenvalue weighted by Crippen LogP contribution is -2.13. The molecule has 0 fully saturated rings. The summed E-state index contributed by atoms with van der Waals surface area (Å²) in [7, 11) is 1.87. The average molecular weight is 447 g/mol. The van der Waals surface area contributed by atoms with Crippen LogP contribution >= 0.6 is 11.6 Å². The van der Waals surface area contributed by atoms with Gasteiger partial charge in [-0.05, 0) is 61.4 Å². The van der Waals surface area contributed by atoms with Gasteiger partial charge in [0.2, 0.25) is 5.95 Å². The van der Waals surface area contributed by atoms with Gasteiger partial charge in [-0.25, -0.2) is 9.97 Å². The highest BCUT2D eigenvalue weighted by Gasteiger charge is 2.10. The van der Waals surface area contributed by atoms with Gasteiger partial charge in [-0.3, -0.25) is 9.48 Å². The fourth-order valence-corrected chi connectivity index (χ4v) is 3.41. The Kier molecular flexibility index (Phi) is 6.18. The van der Waals surface area contributed by atoms with Gasteiger partial charge in [0.25, 0.3) is 5.91 Å². The largest absolute Gasteiger partial charge is 0.324 e. The van der Waals surface area contributed by atoms with Gasteiger partial charge in [0.05, 0.1) is 11.9 Å². The highest BCUT2D eigenvalue weighted by Crippen LogP contribution is 2.22. The maximum Gasteiger partial charge on any atom is 0.255 e. The minimum Gasteiger partial charge on any atom is -0.324 e. The molecule has 0 aliphatic carbocycles. The zero-order valence-electron chi connectivity index (χ0n) is 18.1. The first-order valence-electron chi connectivity index (χ1n) is 10.1. The van der Waals surface area contributed by atoms with E-state index in [9.17, 15) is 4.79 Å². The smallest absolute Gasteiger partial charge is 0.255 e. The van der Waals surface area contributed by atoms with E-state index in [1.54, 1.807) is 23.0 Å². The lowest BCUT2D eigenvalue weighted by Gasteiger charge is -2.11. The Morgan fingerprint density at radius 3 is 2.53 bits per heavy atom. The van der Waals surface area contributed by atoms with Crippen molar-refractivity contribution in [3.8, 4) is 11.3 Å². The number of nitrogens with one attached hydrogen (secondary N) is 2. The lowest BCUT2D eigenvalue weighted by molar-refractivity contribution is 0.102. The number of anilines is 3. The molecule has 0 aliphatic heterocycles. The van der Waals surface area contributed by atoms with Crippen molar-refractivity contribution in [2.75, 3.05) is 10.6 Å². The second kappa shape index (κ2) is 9.20. The Morgan fingerprint density at radius 2 is 1.84 bits per heavy atom. The van der Waals surface area contributed by atoms with Gasteiger partial charge in [-0.15, -0.1) is 11.6 Å². The van der Waals surface area contributed by atoms with Crippen molar-refractivity contribution in [1.29, 1.82) is 0 Å². The van der Waals surface area contributed by atoms with E-state index in [1.165, 1.54) is 0 Å². The maximum absolute atomic E-state index is 12.7. The monoisotopic (exact) mass is 446 g/mol. The minimum atomic E-state index is -0.183. The summed E-state index contributed by atoms with van der Waals surface area (Å²) in [6.07, 6.45) is 3.67. The zero-order chi connectivity index (χ0) is 22.7. The first-order chi connectivity index (χ1) is 15.4. The van der Waals surface area contributed by atoms with E-state index in [-0.39, 0.29) is 5.91 Å². The predicted octanol–water partition coefficient (Wildman–Crippen LogP) is 5.23. The van der Waals surface area contributed by atoms with Gasteiger partial charge >= 0.3 is 0 Å². The molecule has 1 amide bonds. The van der Waals surface area contributed by atoms with Crippen LogP contribution in [-0.2, 0) is 12.9 Å². The zero-order valence-corrected chi connectivity index (χ0v) is 18.8. The highest BCUT2D eigenvalue weighted by molar-refractivity contribution is 6.17. The van der Waals surface area contributed by atoms with Crippen LogP contribution in [-0.4, -0.2) is 25.7 Å². The third kappa shape index (κ3) is 4.95. The van der Waals surface area contributed by atoms with Gasteiger partial charge < -0.3 is 10.6 Å². The molecule has 0 saturated carbocycles. The van der Waals surface area contributed by atoms with Crippen LogP contribution in [0.2, 0.25) is 0 Å². The number of hydrogen-bond donors (Lipinski definition) is 2. The number of aromatic nitrogens is 4. The van der Waals surface area contributed by atoms with Gasteiger partial charge in [-0.2, -0.15) is 5.10 Å². The van der Waals surface area contributed by atoms with Gasteiger partial charge in [-0.1, -0.05) is 12.1 Å². The first kappa shape index (κ1) is 21.5. The van der Waals surface area contributed by atoms with Crippen LogP contribution in [0.4, 0.5) is 17.3 Å². The summed E-state index contributed by atoms with van der Waals surface area (Å²) in [6.45, 7) is 3.86. The van der Waals surface area contributed by atoms with Crippen LogP contribution in [0.5, 0.6) is 0 Å². The van der Waals surface area contributed by atoms with E-state index >= 15 is 0 Å². The van der Waals surface area contributed by atoms with Gasteiger partial charge in [0, 0.05) is 47.3 Å². The molecule has 2 aromatic heterocycles. The minimum absolute atomic E-state index is 0.183. The van der Waals surface area contributed by atoms with Crippen LogP contribution in [0.15, 0.2) is 60.9 Å². The fraction of sp³-hybridized carbons (Fsp3) is 0.167. The van der Waals surface area contributed by atoms with Crippen molar-refractivity contribution < 1.29 is 4.79 Å². The number of hydrogen-bond acceptors (Lipinski definition) is 5. The molecule has 32 heavy (non-hydrogen) atoms. The van der Waals surface area contributed by atoms with Crippen molar-refractivity contribution in [2.45, 2.75) is 19.7 Å². The Balaban J connectivity index is 1.48. The van der Waals surface area contributed by atoms with Crippen LogP contribution in [0.1, 0.15) is 27.2 Å². The van der Waals surface area contributed by atoms with E-state index in [0.29, 0.717) is 17.4 Å². The Morgan fingerprint density at radius 1 is 1.06 bits per heavy atom. The predicted molar refractivity (Wildman–Crippen MR) is 127 cm³/mol. The first-order valence-corrected chi connectivity index (χ1v) is 10.6. The van der Waals surface area contributed by atoms with Crippen LogP contribution in [0.25, 0.3) is 11.3 Å². The second-order valence-electron chi connectivity index (χ2n) is 7.56. The lowest BCUT2D eigenvalue weighted by atomic mass is 10.1. The van der Waals surface area contributed by atoms with E-state index in [0.717, 1.165) is 39.5 Å². The van der Waals surface area contributed by atoms with Crippen molar-refractivity contribution >= 4 is 34.8 Å². The number of rotatable bonds is 6. The number of carbonyl (C=O) groups is 1. The molecule has 0 radical (unpaired) electrons. The molecule has 0 atom stereocenters. The van der Waals surface area contributed by atoms with Crippen LogP contribution in [0, 0.1) is 13.8 Å². The molecule has 2 aromatic carbocycles.